The fourth-order valence-electron chi connectivity index (χ4n) is 1.82. The highest BCUT2D eigenvalue weighted by atomic mass is 32.2. The van der Waals surface area contributed by atoms with Crippen molar-refractivity contribution in [3.63, 3.8) is 0 Å². The summed E-state index contributed by atoms with van der Waals surface area (Å²) >= 11 is 1.18. The molecule has 5 heteroatoms. The van der Waals surface area contributed by atoms with Gasteiger partial charge in [-0.25, -0.2) is 4.79 Å². The largest absolute Gasteiger partial charge is 0.443 e. The molecule has 0 unspecified atom stereocenters. The number of nitrogens with zero attached hydrogens (tertiary/aromatic N) is 1. The van der Waals surface area contributed by atoms with Gasteiger partial charge in [-0.2, -0.15) is 0 Å². The Balaban J connectivity index is 2.33. The predicted octanol–water partition coefficient (Wildman–Crippen LogP) is 4.06. The van der Waals surface area contributed by atoms with Crippen molar-refractivity contribution < 1.29 is 14.3 Å². The quantitative estimate of drug-likeness (QED) is 0.743. The SMILES string of the molecule is CC(=O)Sc1ccc2c(ccn2C(=O)OC(C)(C)C)c1. The molecule has 0 aliphatic rings. The average molecular weight is 291 g/mol. The van der Waals surface area contributed by atoms with Gasteiger partial charge in [0.2, 0.25) is 0 Å². The summed E-state index contributed by atoms with van der Waals surface area (Å²) in [6.45, 7) is 7.02. The van der Waals surface area contributed by atoms with Crippen LogP contribution in [0.5, 0.6) is 0 Å². The Labute approximate surface area is 122 Å². The zero-order valence-electron chi connectivity index (χ0n) is 12.0. The van der Waals surface area contributed by atoms with Gasteiger partial charge in [0.15, 0.2) is 5.12 Å². The molecule has 0 spiro atoms. The zero-order valence-corrected chi connectivity index (χ0v) is 12.8. The third-order valence-corrected chi connectivity index (χ3v) is 3.29. The molecular weight excluding hydrogens is 274 g/mol. The van der Waals surface area contributed by atoms with Crippen molar-refractivity contribution in [3.8, 4) is 0 Å². The molecule has 1 heterocycles. The van der Waals surface area contributed by atoms with Crippen LogP contribution in [0.15, 0.2) is 35.4 Å². The van der Waals surface area contributed by atoms with Crippen LogP contribution in [0.25, 0.3) is 10.9 Å². The van der Waals surface area contributed by atoms with Crippen LogP contribution >= 0.6 is 11.8 Å². The van der Waals surface area contributed by atoms with Gasteiger partial charge in [-0.1, -0.05) is 11.8 Å². The summed E-state index contributed by atoms with van der Waals surface area (Å²) < 4.78 is 6.82. The molecule has 0 N–H and O–H groups in total. The van der Waals surface area contributed by atoms with Crippen LogP contribution in [0, 0.1) is 0 Å². The van der Waals surface area contributed by atoms with Crippen molar-refractivity contribution in [3.05, 3.63) is 30.5 Å². The Bertz CT molecular complexity index is 667. The molecule has 20 heavy (non-hydrogen) atoms. The zero-order chi connectivity index (χ0) is 14.9. The molecule has 106 valence electrons. The van der Waals surface area contributed by atoms with E-state index in [1.165, 1.54) is 23.3 Å². The fourth-order valence-corrected chi connectivity index (χ4v) is 2.47. The summed E-state index contributed by atoms with van der Waals surface area (Å²) in [6.07, 6.45) is 1.28. The topological polar surface area (TPSA) is 48.3 Å². The van der Waals surface area contributed by atoms with Gasteiger partial charge in [0, 0.05) is 23.4 Å². The number of aromatic nitrogens is 1. The third kappa shape index (κ3) is 3.42. The van der Waals surface area contributed by atoms with Crippen molar-refractivity contribution in [1.29, 1.82) is 0 Å². The maximum absolute atomic E-state index is 12.1. The first kappa shape index (κ1) is 14.7. The number of benzene rings is 1. The van der Waals surface area contributed by atoms with Gasteiger partial charge in [-0.3, -0.25) is 9.36 Å². The number of rotatable bonds is 1. The van der Waals surface area contributed by atoms with E-state index in [1.54, 1.807) is 6.20 Å². The van der Waals surface area contributed by atoms with Gasteiger partial charge < -0.3 is 4.74 Å². The molecule has 0 fully saturated rings. The van der Waals surface area contributed by atoms with E-state index in [0.29, 0.717) is 0 Å². The summed E-state index contributed by atoms with van der Waals surface area (Å²) in [5.41, 5.74) is 0.241. The van der Waals surface area contributed by atoms with Crippen LogP contribution in [0.4, 0.5) is 4.79 Å². The number of carbonyl (C=O) groups excluding carboxylic acids is 2. The van der Waals surface area contributed by atoms with Crippen LogP contribution in [-0.2, 0) is 9.53 Å². The molecule has 0 bridgehead atoms. The average Bonchev–Trinajstić information content (AvgIpc) is 2.68. The van der Waals surface area contributed by atoms with E-state index in [-0.39, 0.29) is 5.12 Å². The van der Waals surface area contributed by atoms with E-state index in [9.17, 15) is 9.59 Å². The number of ether oxygens (including phenoxy) is 1. The minimum Gasteiger partial charge on any atom is -0.443 e. The molecule has 2 aromatic rings. The first-order chi connectivity index (χ1) is 9.26. The summed E-state index contributed by atoms with van der Waals surface area (Å²) in [5, 5.41) is 0.943. The number of hydrogen-bond acceptors (Lipinski definition) is 4. The molecule has 0 saturated carbocycles. The first-order valence-electron chi connectivity index (χ1n) is 6.29. The number of thioether (sulfide) groups is 1. The van der Waals surface area contributed by atoms with Gasteiger partial charge in [-0.05, 0) is 45.0 Å². The standard InChI is InChI=1S/C15H17NO3S/c1-10(17)20-12-5-6-13-11(9-12)7-8-16(13)14(18)19-15(2,3)4/h5-9H,1-4H3. The summed E-state index contributed by atoms with van der Waals surface area (Å²) in [6, 6.07) is 7.38. The number of fused-ring (bicyclic) bond motifs is 1. The highest BCUT2D eigenvalue weighted by Gasteiger charge is 2.19. The highest BCUT2D eigenvalue weighted by molar-refractivity contribution is 8.13. The molecule has 1 aromatic carbocycles. The second-order valence-corrected chi connectivity index (χ2v) is 6.73. The Kier molecular flexibility index (Phi) is 3.90. The molecule has 1 aromatic heterocycles. The lowest BCUT2D eigenvalue weighted by molar-refractivity contribution is -0.109. The van der Waals surface area contributed by atoms with Crippen molar-refractivity contribution in [2.24, 2.45) is 0 Å². The van der Waals surface area contributed by atoms with Crippen LogP contribution in [0.3, 0.4) is 0 Å². The van der Waals surface area contributed by atoms with Crippen LogP contribution in [0.2, 0.25) is 0 Å². The summed E-state index contributed by atoms with van der Waals surface area (Å²) in [5.74, 6) is 0. The van der Waals surface area contributed by atoms with E-state index in [2.05, 4.69) is 0 Å². The number of hydrogen-bond donors (Lipinski definition) is 0. The van der Waals surface area contributed by atoms with E-state index < -0.39 is 11.7 Å². The van der Waals surface area contributed by atoms with Gasteiger partial charge in [-0.15, -0.1) is 0 Å². The fraction of sp³-hybridized carbons (Fsp3) is 0.333. The first-order valence-corrected chi connectivity index (χ1v) is 7.11. The van der Waals surface area contributed by atoms with Crippen LogP contribution in [-0.4, -0.2) is 21.4 Å². The Hall–Kier alpha value is -1.75. The Morgan fingerprint density at radius 3 is 2.50 bits per heavy atom. The molecule has 0 atom stereocenters. The van der Waals surface area contributed by atoms with Gasteiger partial charge >= 0.3 is 6.09 Å². The van der Waals surface area contributed by atoms with Crippen molar-refractivity contribution in [2.75, 3.05) is 0 Å². The van der Waals surface area contributed by atoms with Gasteiger partial charge in [0.25, 0.3) is 0 Å². The molecule has 0 saturated heterocycles. The van der Waals surface area contributed by atoms with E-state index in [0.717, 1.165) is 15.8 Å². The Morgan fingerprint density at radius 2 is 1.90 bits per heavy atom. The summed E-state index contributed by atoms with van der Waals surface area (Å²) in [7, 11) is 0. The van der Waals surface area contributed by atoms with Crippen LogP contribution in [0.1, 0.15) is 27.7 Å². The smallest absolute Gasteiger partial charge is 0.418 e. The predicted molar refractivity (Wildman–Crippen MR) is 80.1 cm³/mol. The van der Waals surface area contributed by atoms with E-state index in [1.807, 2.05) is 45.0 Å². The molecule has 0 aliphatic heterocycles. The highest BCUT2D eigenvalue weighted by Crippen LogP contribution is 2.25. The van der Waals surface area contributed by atoms with Gasteiger partial charge in [0.05, 0.1) is 5.52 Å². The maximum Gasteiger partial charge on any atom is 0.418 e. The maximum atomic E-state index is 12.1. The Morgan fingerprint density at radius 1 is 1.20 bits per heavy atom. The lowest BCUT2D eigenvalue weighted by atomic mass is 10.2. The lowest BCUT2D eigenvalue weighted by Gasteiger charge is -2.19. The number of carbonyl (C=O) groups is 2. The second kappa shape index (κ2) is 5.32. The molecule has 0 amide bonds. The monoisotopic (exact) mass is 291 g/mol. The minimum atomic E-state index is -0.530. The lowest BCUT2D eigenvalue weighted by Crippen LogP contribution is -2.26. The summed E-state index contributed by atoms with van der Waals surface area (Å²) in [4.78, 5) is 24.1. The molecule has 4 nitrogen and oxygen atoms in total. The van der Waals surface area contributed by atoms with Crippen molar-refractivity contribution >= 4 is 33.9 Å². The molecule has 2 rings (SSSR count). The molecular formula is C15H17NO3S. The van der Waals surface area contributed by atoms with Crippen molar-refractivity contribution in [2.45, 2.75) is 38.2 Å². The second-order valence-electron chi connectivity index (χ2n) is 5.48. The van der Waals surface area contributed by atoms with Crippen molar-refractivity contribution in [1.82, 2.24) is 4.57 Å². The minimum absolute atomic E-state index is 0.0379. The molecule has 0 radical (unpaired) electrons. The van der Waals surface area contributed by atoms with E-state index in [4.69, 9.17) is 4.74 Å². The van der Waals surface area contributed by atoms with Gasteiger partial charge in [0.1, 0.15) is 5.60 Å². The third-order valence-electron chi connectivity index (χ3n) is 2.51. The molecule has 0 aliphatic carbocycles. The normalized spacial score (nSPS) is 11.6. The van der Waals surface area contributed by atoms with Crippen LogP contribution < -0.4 is 0 Å². The van der Waals surface area contributed by atoms with E-state index >= 15 is 0 Å².